The number of rotatable bonds is 6. The highest BCUT2D eigenvalue weighted by molar-refractivity contribution is 6.00. The van der Waals surface area contributed by atoms with Crippen LogP contribution < -0.4 is 16.3 Å². The zero-order valence-corrected chi connectivity index (χ0v) is 20.0. The molecule has 3 saturated heterocycles. The molecule has 1 atom stereocenters. The lowest BCUT2D eigenvalue weighted by Crippen LogP contribution is -2.54. The summed E-state index contributed by atoms with van der Waals surface area (Å²) in [6.45, 7) is 4.80. The van der Waals surface area contributed by atoms with Crippen LogP contribution in [0.5, 0.6) is 0 Å². The van der Waals surface area contributed by atoms with E-state index in [1.807, 2.05) is 6.07 Å². The number of hydrogen-bond donors (Lipinski definition) is 2. The molecule has 5 rings (SSSR count). The number of nitrogens with zero attached hydrogens (tertiary/aromatic N) is 3. The van der Waals surface area contributed by atoms with E-state index < -0.39 is 6.04 Å². The average molecular weight is 476 g/mol. The first kappa shape index (κ1) is 24.0. The Balaban J connectivity index is 0.00000259. The molecule has 3 aliphatic rings. The third kappa shape index (κ3) is 4.74. The van der Waals surface area contributed by atoms with E-state index in [1.165, 1.54) is 37.9 Å². The van der Waals surface area contributed by atoms with E-state index in [-0.39, 0.29) is 36.3 Å². The molecule has 4 heterocycles. The molecule has 1 aromatic heterocycles. The number of fused-ring (bicyclic) bond motifs is 1. The molecular weight excluding hydrogens is 442 g/mol. The van der Waals surface area contributed by atoms with Gasteiger partial charge in [0, 0.05) is 32.6 Å². The van der Waals surface area contributed by atoms with Crippen molar-refractivity contribution >= 4 is 35.3 Å². The molecule has 0 spiro atoms. The Bertz CT molecular complexity index is 1080. The molecule has 0 radical (unpaired) electrons. The maximum Gasteiger partial charge on any atom is 0.329 e. The summed E-state index contributed by atoms with van der Waals surface area (Å²) in [6, 6.07) is 6.27. The van der Waals surface area contributed by atoms with Crippen LogP contribution in [0.2, 0.25) is 0 Å². The van der Waals surface area contributed by atoms with Gasteiger partial charge in [0.1, 0.15) is 6.04 Å². The van der Waals surface area contributed by atoms with Crippen LogP contribution in [0.1, 0.15) is 50.1 Å². The Kier molecular flexibility index (Phi) is 7.26. The van der Waals surface area contributed by atoms with Gasteiger partial charge < -0.3 is 5.32 Å². The molecule has 180 valence electrons. The van der Waals surface area contributed by atoms with Gasteiger partial charge in [-0.05, 0) is 75.2 Å². The van der Waals surface area contributed by atoms with Crippen molar-refractivity contribution in [1.29, 1.82) is 0 Å². The molecule has 3 aliphatic heterocycles. The molecule has 3 fully saturated rings. The highest BCUT2D eigenvalue weighted by Crippen LogP contribution is 2.28. The predicted molar refractivity (Wildman–Crippen MR) is 130 cm³/mol. The summed E-state index contributed by atoms with van der Waals surface area (Å²) in [5, 5.41) is 5.80. The van der Waals surface area contributed by atoms with Gasteiger partial charge in [0.15, 0.2) is 0 Å². The van der Waals surface area contributed by atoms with Crippen molar-refractivity contribution in [1.82, 2.24) is 24.7 Å². The summed E-state index contributed by atoms with van der Waals surface area (Å²) >= 11 is 0. The summed E-state index contributed by atoms with van der Waals surface area (Å²) in [5.41, 5.74) is 2.62. The van der Waals surface area contributed by atoms with Crippen molar-refractivity contribution in [3.8, 4) is 0 Å². The zero-order valence-electron chi connectivity index (χ0n) is 19.2. The van der Waals surface area contributed by atoms with E-state index in [0.717, 1.165) is 48.9 Å². The second kappa shape index (κ2) is 9.99. The van der Waals surface area contributed by atoms with Crippen molar-refractivity contribution in [3.05, 3.63) is 34.2 Å². The molecule has 2 N–H and O–H groups in total. The molecule has 1 aromatic carbocycles. The van der Waals surface area contributed by atoms with Crippen molar-refractivity contribution in [3.63, 3.8) is 0 Å². The number of halogens is 1. The fourth-order valence-electron chi connectivity index (χ4n) is 5.65. The minimum atomic E-state index is -0.628. The number of aryl methyl sites for hydroxylation is 2. The lowest BCUT2D eigenvalue weighted by Gasteiger charge is -2.46. The largest absolute Gasteiger partial charge is 0.329 e. The van der Waals surface area contributed by atoms with Gasteiger partial charge >= 0.3 is 5.69 Å². The third-order valence-electron chi connectivity index (χ3n) is 7.56. The van der Waals surface area contributed by atoms with Crippen molar-refractivity contribution in [2.45, 2.75) is 57.0 Å². The highest BCUT2D eigenvalue weighted by Gasteiger charge is 2.33. The van der Waals surface area contributed by atoms with Gasteiger partial charge in [-0.2, -0.15) is 0 Å². The molecule has 8 nitrogen and oxygen atoms in total. The van der Waals surface area contributed by atoms with E-state index in [0.29, 0.717) is 6.42 Å². The van der Waals surface area contributed by atoms with Crippen LogP contribution in [-0.4, -0.2) is 58.1 Å². The molecule has 0 bridgehead atoms. The Labute approximate surface area is 200 Å². The van der Waals surface area contributed by atoms with Crippen LogP contribution in [0, 0.1) is 5.92 Å². The fourth-order valence-corrected chi connectivity index (χ4v) is 5.65. The van der Waals surface area contributed by atoms with E-state index in [4.69, 9.17) is 0 Å². The molecule has 33 heavy (non-hydrogen) atoms. The van der Waals surface area contributed by atoms with Gasteiger partial charge in [-0.1, -0.05) is 6.07 Å². The van der Waals surface area contributed by atoms with Crippen molar-refractivity contribution in [2.75, 3.05) is 26.2 Å². The fraction of sp³-hybridized carbons (Fsp3) is 0.625. The monoisotopic (exact) mass is 475 g/mol. The van der Waals surface area contributed by atoms with Gasteiger partial charge in [0.25, 0.3) is 0 Å². The number of likely N-dealkylation sites (tertiary alicyclic amines) is 1. The molecule has 0 aliphatic carbocycles. The quantitative estimate of drug-likeness (QED) is 0.621. The molecule has 9 heteroatoms. The normalized spacial score (nSPS) is 22.8. The van der Waals surface area contributed by atoms with Crippen molar-refractivity contribution in [2.24, 2.45) is 13.0 Å². The zero-order chi connectivity index (χ0) is 22.2. The summed E-state index contributed by atoms with van der Waals surface area (Å²) < 4.78 is 3.16. The highest BCUT2D eigenvalue weighted by atomic mass is 35.5. The third-order valence-corrected chi connectivity index (χ3v) is 7.56. The summed E-state index contributed by atoms with van der Waals surface area (Å²) in [7, 11) is 1.75. The maximum atomic E-state index is 12.9. The average Bonchev–Trinajstić information content (AvgIpc) is 3.00. The lowest BCUT2D eigenvalue weighted by molar-refractivity contribution is -0.135. The number of aromatic nitrogens is 2. The molecular formula is C24H34ClN5O3. The molecule has 0 saturated carbocycles. The maximum absolute atomic E-state index is 12.9. The van der Waals surface area contributed by atoms with E-state index in [2.05, 4.69) is 27.7 Å². The number of nitrogens with one attached hydrogen (secondary N) is 2. The van der Waals surface area contributed by atoms with Crippen LogP contribution in [0.25, 0.3) is 11.0 Å². The number of carbonyl (C=O) groups excluding carboxylic acids is 2. The van der Waals surface area contributed by atoms with Gasteiger partial charge in [0.2, 0.25) is 11.8 Å². The number of benzene rings is 1. The van der Waals surface area contributed by atoms with Gasteiger partial charge in [-0.25, -0.2) is 4.79 Å². The van der Waals surface area contributed by atoms with Gasteiger partial charge in [-0.3, -0.25) is 28.9 Å². The van der Waals surface area contributed by atoms with Crippen LogP contribution in [0.4, 0.5) is 0 Å². The number of imidazole rings is 1. The summed E-state index contributed by atoms with van der Waals surface area (Å²) in [6.07, 6.45) is 6.58. The topological polar surface area (TPSA) is 88.4 Å². The van der Waals surface area contributed by atoms with E-state index in [1.54, 1.807) is 16.2 Å². The number of imide groups is 1. The Morgan fingerprint density at radius 1 is 1.03 bits per heavy atom. The minimum absolute atomic E-state index is 0. The number of hydrogen-bond acceptors (Lipinski definition) is 5. The number of carbonyl (C=O) groups is 2. The number of amides is 2. The second-order valence-corrected chi connectivity index (χ2v) is 9.69. The Hall–Kier alpha value is -2.16. The smallest absolute Gasteiger partial charge is 0.317 e. The predicted octanol–water partition coefficient (Wildman–Crippen LogP) is 1.75. The van der Waals surface area contributed by atoms with Crippen LogP contribution in [0.15, 0.2) is 23.0 Å². The lowest BCUT2D eigenvalue weighted by atomic mass is 9.89. The second-order valence-electron chi connectivity index (χ2n) is 9.69. The minimum Gasteiger partial charge on any atom is -0.317 e. The Morgan fingerprint density at radius 2 is 1.79 bits per heavy atom. The Morgan fingerprint density at radius 3 is 2.52 bits per heavy atom. The van der Waals surface area contributed by atoms with E-state index >= 15 is 0 Å². The van der Waals surface area contributed by atoms with Crippen LogP contribution in [0.3, 0.4) is 0 Å². The van der Waals surface area contributed by atoms with E-state index in [9.17, 15) is 14.4 Å². The first-order valence-corrected chi connectivity index (χ1v) is 12.0. The summed E-state index contributed by atoms with van der Waals surface area (Å²) in [5.74, 6) is 0.151. The number of piperidine rings is 2. The van der Waals surface area contributed by atoms with Crippen LogP contribution in [-0.2, 0) is 23.1 Å². The van der Waals surface area contributed by atoms with Crippen LogP contribution >= 0.6 is 12.4 Å². The molecule has 2 aromatic rings. The first-order valence-electron chi connectivity index (χ1n) is 12.0. The molecule has 2 amide bonds. The van der Waals surface area contributed by atoms with Crippen molar-refractivity contribution < 1.29 is 9.59 Å². The standard InChI is InChI=1S/C24H33N5O3.ClH/c1-27-21-13-16(3-2-4-17-14-28(15-17)18-9-11-25-12-10-18)5-6-19(21)29(24(27)32)20-7-8-22(30)26-23(20)31;/h5-6,13,17-18,20,25H,2-4,7-12,14-15H2,1H3,(H,26,30,31);1H. The SMILES string of the molecule is Cl.Cn1c(=O)n(C2CCC(=O)NC2=O)c2ccc(CCCC3CN(C4CCNCC4)C3)cc21. The first-order chi connectivity index (χ1) is 15.5. The molecule has 1 unspecified atom stereocenters. The van der Waals surface area contributed by atoms with Gasteiger partial charge in [0.05, 0.1) is 11.0 Å². The summed E-state index contributed by atoms with van der Waals surface area (Å²) in [4.78, 5) is 39.4. The van der Waals surface area contributed by atoms with Gasteiger partial charge in [-0.15, -0.1) is 12.4 Å².